The second-order valence-electron chi connectivity index (χ2n) is 5.68. The third-order valence-electron chi connectivity index (χ3n) is 4.06. The van der Waals surface area contributed by atoms with Crippen molar-refractivity contribution in [3.05, 3.63) is 71.9 Å². The number of hydrogen-bond donors (Lipinski definition) is 1. The van der Waals surface area contributed by atoms with Crippen LogP contribution in [0.15, 0.2) is 60.7 Å². The number of amides is 1. The fourth-order valence-corrected chi connectivity index (χ4v) is 4.25. The number of benzene rings is 2. The first kappa shape index (κ1) is 15.7. The number of fused-ring (bicyclic) bond motifs is 1. The molecule has 25 heavy (non-hydrogen) atoms. The maximum atomic E-state index is 12.1. The molecule has 7 heteroatoms. The molecule has 1 N–H and O–H groups in total. The second kappa shape index (κ2) is 6.27. The van der Waals surface area contributed by atoms with Gasteiger partial charge in [0.25, 0.3) is 0 Å². The lowest BCUT2D eigenvalue weighted by Gasteiger charge is -2.21. The SMILES string of the molecule is O=C(O)N(c1ccccc1)c1c2c(nn1-c1ccccc1)C[S+]([O-])C2. The number of rotatable bonds is 3. The Kier molecular flexibility index (Phi) is 3.95. The van der Waals surface area contributed by atoms with Crippen LogP contribution in [0.25, 0.3) is 5.69 Å². The molecule has 0 bridgehead atoms. The van der Waals surface area contributed by atoms with Gasteiger partial charge in [0.15, 0.2) is 5.82 Å². The second-order valence-corrected chi connectivity index (χ2v) is 7.14. The summed E-state index contributed by atoms with van der Waals surface area (Å²) in [6.07, 6.45) is -1.11. The van der Waals surface area contributed by atoms with Crippen LogP contribution < -0.4 is 4.90 Å². The predicted octanol–water partition coefficient (Wildman–Crippen LogP) is 3.45. The van der Waals surface area contributed by atoms with Gasteiger partial charge in [-0.3, -0.25) is 0 Å². The van der Waals surface area contributed by atoms with E-state index in [4.69, 9.17) is 0 Å². The number of aromatic nitrogens is 2. The first-order valence-corrected chi connectivity index (χ1v) is 9.23. The minimum absolute atomic E-state index is 0.314. The van der Waals surface area contributed by atoms with Gasteiger partial charge in [0, 0.05) is 0 Å². The summed E-state index contributed by atoms with van der Waals surface area (Å²) in [5.74, 6) is 1.10. The maximum absolute atomic E-state index is 12.1. The molecular weight excluding hydrogens is 338 g/mol. The van der Waals surface area contributed by atoms with Crippen molar-refractivity contribution >= 4 is 28.8 Å². The van der Waals surface area contributed by atoms with E-state index < -0.39 is 17.3 Å². The van der Waals surface area contributed by atoms with Gasteiger partial charge in [0.1, 0.15) is 17.2 Å². The van der Waals surface area contributed by atoms with Crippen LogP contribution in [0.5, 0.6) is 0 Å². The Labute approximate surface area is 147 Å². The van der Waals surface area contributed by atoms with E-state index in [-0.39, 0.29) is 0 Å². The highest BCUT2D eigenvalue weighted by atomic mass is 32.2. The smallest absolute Gasteiger partial charge is 0.417 e. The predicted molar refractivity (Wildman–Crippen MR) is 95.7 cm³/mol. The molecule has 6 nitrogen and oxygen atoms in total. The van der Waals surface area contributed by atoms with Crippen molar-refractivity contribution in [1.29, 1.82) is 0 Å². The van der Waals surface area contributed by atoms with Crippen LogP contribution in [0.4, 0.5) is 16.3 Å². The van der Waals surface area contributed by atoms with Gasteiger partial charge in [-0.05, 0) is 35.4 Å². The van der Waals surface area contributed by atoms with Crippen LogP contribution in [-0.2, 0) is 22.7 Å². The highest BCUT2D eigenvalue weighted by molar-refractivity contribution is 7.90. The normalized spacial score (nSPS) is 15.8. The Balaban J connectivity index is 1.94. The molecule has 3 aromatic rings. The third-order valence-corrected chi connectivity index (χ3v) is 5.27. The number of nitrogens with zero attached hydrogens (tertiary/aromatic N) is 3. The largest absolute Gasteiger partial charge is 0.616 e. The zero-order valence-electron chi connectivity index (χ0n) is 13.2. The molecule has 126 valence electrons. The van der Waals surface area contributed by atoms with Gasteiger partial charge < -0.3 is 9.66 Å². The fraction of sp³-hybridized carbons (Fsp3) is 0.111. The summed E-state index contributed by atoms with van der Waals surface area (Å²) in [5.41, 5.74) is 2.71. The number of anilines is 2. The van der Waals surface area contributed by atoms with Crippen LogP contribution in [-0.4, -0.2) is 25.5 Å². The average Bonchev–Trinajstić information content (AvgIpc) is 3.14. The van der Waals surface area contributed by atoms with E-state index >= 15 is 0 Å². The quantitative estimate of drug-likeness (QED) is 0.731. The summed E-state index contributed by atoms with van der Waals surface area (Å²) in [7, 11) is 0. The highest BCUT2D eigenvalue weighted by Gasteiger charge is 2.36. The van der Waals surface area contributed by atoms with Gasteiger partial charge in [-0.15, -0.1) is 0 Å². The molecule has 1 aliphatic heterocycles. The molecule has 0 aliphatic carbocycles. The standard InChI is InChI=1S/C18H15N3O3S/c22-18(23)20(13-7-3-1-4-8-13)17-15-11-25(24)12-16(15)19-21(17)14-9-5-2-6-10-14/h1-10H,11-12H2,(H,22,23). The molecule has 1 aromatic heterocycles. The summed E-state index contributed by atoms with van der Waals surface area (Å²) in [6, 6.07) is 18.2. The number of carboxylic acid groups (broad SMARTS) is 1. The van der Waals surface area contributed by atoms with E-state index in [9.17, 15) is 14.5 Å². The fourth-order valence-electron chi connectivity index (χ4n) is 2.99. The third kappa shape index (κ3) is 2.77. The zero-order valence-corrected chi connectivity index (χ0v) is 14.0. The van der Waals surface area contributed by atoms with Gasteiger partial charge in [0.2, 0.25) is 0 Å². The molecular formula is C18H15N3O3S. The highest BCUT2D eigenvalue weighted by Crippen LogP contribution is 2.38. The zero-order chi connectivity index (χ0) is 17.4. The minimum atomic E-state index is -1.11. The molecule has 2 aromatic carbocycles. The van der Waals surface area contributed by atoms with E-state index in [0.29, 0.717) is 28.7 Å². The van der Waals surface area contributed by atoms with Gasteiger partial charge in [-0.2, -0.15) is 5.10 Å². The van der Waals surface area contributed by atoms with Crippen molar-refractivity contribution < 1.29 is 14.5 Å². The Morgan fingerprint density at radius 2 is 1.72 bits per heavy atom. The van der Waals surface area contributed by atoms with Crippen molar-refractivity contribution in [2.24, 2.45) is 0 Å². The van der Waals surface area contributed by atoms with Crippen molar-refractivity contribution in [3.63, 3.8) is 0 Å². The summed E-state index contributed by atoms with van der Waals surface area (Å²) < 4.78 is 13.6. The van der Waals surface area contributed by atoms with E-state index in [1.807, 2.05) is 36.4 Å². The van der Waals surface area contributed by atoms with Crippen LogP contribution in [0.2, 0.25) is 0 Å². The Morgan fingerprint density at radius 3 is 2.36 bits per heavy atom. The van der Waals surface area contributed by atoms with Gasteiger partial charge in [0.05, 0.1) is 16.9 Å². The molecule has 1 atom stereocenters. The van der Waals surface area contributed by atoms with Gasteiger partial charge in [-0.25, -0.2) is 14.4 Å². The van der Waals surface area contributed by atoms with E-state index in [1.165, 1.54) is 4.90 Å². The summed E-state index contributed by atoms with van der Waals surface area (Å²) >= 11 is -1.04. The van der Waals surface area contributed by atoms with E-state index in [0.717, 1.165) is 11.3 Å². The van der Waals surface area contributed by atoms with Crippen LogP contribution in [0.3, 0.4) is 0 Å². The lowest BCUT2D eigenvalue weighted by atomic mass is 10.2. The van der Waals surface area contributed by atoms with Crippen LogP contribution >= 0.6 is 0 Å². The van der Waals surface area contributed by atoms with Gasteiger partial charge >= 0.3 is 6.09 Å². The molecule has 1 unspecified atom stereocenters. The van der Waals surface area contributed by atoms with Crippen molar-refractivity contribution in [2.75, 3.05) is 4.90 Å². The van der Waals surface area contributed by atoms with Crippen LogP contribution in [0, 0.1) is 0 Å². The first-order chi connectivity index (χ1) is 12.1. The van der Waals surface area contributed by atoms with Crippen molar-refractivity contribution in [3.8, 4) is 5.69 Å². The topological polar surface area (TPSA) is 81.4 Å². The molecule has 0 saturated heterocycles. The monoisotopic (exact) mass is 353 g/mol. The average molecular weight is 353 g/mol. The number of para-hydroxylation sites is 2. The summed E-state index contributed by atoms with van der Waals surface area (Å²) in [6.45, 7) is 0. The molecule has 0 fully saturated rings. The molecule has 0 saturated carbocycles. The number of hydrogen-bond acceptors (Lipinski definition) is 3. The molecule has 2 heterocycles. The molecule has 1 aliphatic rings. The summed E-state index contributed by atoms with van der Waals surface area (Å²) in [4.78, 5) is 13.3. The Bertz CT molecular complexity index is 912. The van der Waals surface area contributed by atoms with Crippen molar-refractivity contribution in [2.45, 2.75) is 11.5 Å². The molecule has 1 amide bonds. The lowest BCUT2D eigenvalue weighted by molar-refractivity contribution is 0.204. The van der Waals surface area contributed by atoms with E-state index in [2.05, 4.69) is 5.10 Å². The van der Waals surface area contributed by atoms with E-state index in [1.54, 1.807) is 28.9 Å². The minimum Gasteiger partial charge on any atom is -0.616 e. The first-order valence-electron chi connectivity index (χ1n) is 7.74. The number of carbonyl (C=O) groups is 1. The molecule has 0 spiro atoms. The Morgan fingerprint density at radius 1 is 1.08 bits per heavy atom. The summed E-state index contributed by atoms with van der Waals surface area (Å²) in [5, 5.41) is 14.4. The van der Waals surface area contributed by atoms with Crippen molar-refractivity contribution in [1.82, 2.24) is 9.78 Å². The Hall–Kier alpha value is -2.77. The molecule has 0 radical (unpaired) electrons. The lowest BCUT2D eigenvalue weighted by Crippen LogP contribution is -2.27. The maximum Gasteiger partial charge on any atom is 0.417 e. The van der Waals surface area contributed by atoms with Gasteiger partial charge in [-0.1, -0.05) is 36.4 Å². The van der Waals surface area contributed by atoms with Crippen LogP contribution in [0.1, 0.15) is 11.3 Å². The molecule has 4 rings (SSSR count).